The Bertz CT molecular complexity index is 476. The van der Waals surface area contributed by atoms with Gasteiger partial charge in [0.2, 0.25) is 5.91 Å². The number of carbonyl (C=O) groups is 1. The van der Waals surface area contributed by atoms with Gasteiger partial charge in [0.05, 0.1) is 12.6 Å². The number of nitrogen functional groups attached to an aromatic ring is 1. The molecule has 1 saturated heterocycles. The maximum absolute atomic E-state index is 12.1. The summed E-state index contributed by atoms with van der Waals surface area (Å²) in [6.45, 7) is 2.54. The number of nitrogens with zero attached hydrogens (tertiary/aromatic N) is 2. The summed E-state index contributed by atoms with van der Waals surface area (Å²) in [7, 11) is 3.64. The number of carbonyl (C=O) groups excluding carboxylic acids is 1. The molecule has 1 amide bonds. The van der Waals surface area contributed by atoms with Gasteiger partial charge < -0.3 is 15.4 Å². The van der Waals surface area contributed by atoms with E-state index in [4.69, 9.17) is 10.5 Å². The first-order valence-electron chi connectivity index (χ1n) is 7.51. The summed E-state index contributed by atoms with van der Waals surface area (Å²) >= 11 is 0. The Balaban J connectivity index is 1.74. The third-order valence-electron chi connectivity index (χ3n) is 3.81. The van der Waals surface area contributed by atoms with Crippen molar-refractivity contribution in [3.05, 3.63) is 24.3 Å². The molecule has 116 valence electrons. The summed E-state index contributed by atoms with van der Waals surface area (Å²) in [5.74, 6) is 1.02. The number of hydrogen-bond donors (Lipinski definition) is 1. The molecule has 1 fully saturated rings. The van der Waals surface area contributed by atoms with Crippen LogP contribution in [0.1, 0.15) is 19.3 Å². The number of nitrogens with two attached hydrogens (primary N) is 1. The van der Waals surface area contributed by atoms with Crippen molar-refractivity contribution in [3.8, 4) is 5.75 Å². The minimum absolute atomic E-state index is 0.0485. The van der Waals surface area contributed by atoms with Gasteiger partial charge in [-0.2, -0.15) is 0 Å². The van der Waals surface area contributed by atoms with Crippen molar-refractivity contribution < 1.29 is 9.53 Å². The van der Waals surface area contributed by atoms with Crippen LogP contribution in [0.15, 0.2) is 24.3 Å². The van der Waals surface area contributed by atoms with E-state index in [-0.39, 0.29) is 11.9 Å². The molecule has 1 aliphatic heterocycles. The molecule has 1 aromatic rings. The summed E-state index contributed by atoms with van der Waals surface area (Å²) in [6, 6.07) is 7.51. The average Bonchev–Trinajstić information content (AvgIpc) is 2.91. The average molecular weight is 291 g/mol. The van der Waals surface area contributed by atoms with Crippen molar-refractivity contribution >= 4 is 11.6 Å². The molecule has 0 aromatic heterocycles. The smallest absolute Gasteiger partial charge is 0.239 e. The molecular weight excluding hydrogens is 266 g/mol. The molecule has 0 aliphatic carbocycles. The Hall–Kier alpha value is -1.75. The molecule has 0 radical (unpaired) electrons. The van der Waals surface area contributed by atoms with Gasteiger partial charge in [0.25, 0.3) is 0 Å². The molecule has 2 rings (SSSR count). The Morgan fingerprint density at radius 1 is 1.48 bits per heavy atom. The highest BCUT2D eigenvalue weighted by atomic mass is 16.5. The van der Waals surface area contributed by atoms with Gasteiger partial charge in [-0.1, -0.05) is 6.07 Å². The topological polar surface area (TPSA) is 58.8 Å². The van der Waals surface area contributed by atoms with E-state index in [1.165, 1.54) is 0 Å². The van der Waals surface area contributed by atoms with Gasteiger partial charge in [-0.25, -0.2) is 0 Å². The van der Waals surface area contributed by atoms with Gasteiger partial charge in [-0.3, -0.25) is 9.69 Å². The molecule has 0 saturated carbocycles. The van der Waals surface area contributed by atoms with Crippen LogP contribution in [0.5, 0.6) is 5.75 Å². The van der Waals surface area contributed by atoms with Gasteiger partial charge >= 0.3 is 0 Å². The van der Waals surface area contributed by atoms with Gasteiger partial charge in [-0.05, 0) is 37.9 Å². The molecule has 1 unspecified atom stereocenters. The number of hydrogen-bond acceptors (Lipinski definition) is 4. The van der Waals surface area contributed by atoms with Crippen LogP contribution in [-0.2, 0) is 4.79 Å². The van der Waals surface area contributed by atoms with Crippen molar-refractivity contribution in [2.45, 2.75) is 25.3 Å². The number of benzene rings is 1. The standard InChI is InChI=1S/C16H25N3O2/c1-18(2)16(20)15-8-4-9-19(15)10-5-11-21-14-7-3-6-13(17)12-14/h3,6-7,12,15H,4-5,8-11,17H2,1-2H3. The zero-order valence-corrected chi connectivity index (χ0v) is 12.9. The Morgan fingerprint density at radius 2 is 2.29 bits per heavy atom. The monoisotopic (exact) mass is 291 g/mol. The fourth-order valence-electron chi connectivity index (χ4n) is 2.73. The molecule has 1 aromatic carbocycles. The first kappa shape index (κ1) is 15.6. The SMILES string of the molecule is CN(C)C(=O)C1CCCN1CCCOc1cccc(N)c1. The van der Waals surface area contributed by atoms with E-state index in [0.717, 1.165) is 38.1 Å². The Kier molecular flexibility index (Phi) is 5.44. The fourth-order valence-corrected chi connectivity index (χ4v) is 2.73. The lowest BCUT2D eigenvalue weighted by molar-refractivity contribution is -0.133. The van der Waals surface area contributed by atoms with Crippen LogP contribution >= 0.6 is 0 Å². The largest absolute Gasteiger partial charge is 0.493 e. The molecule has 1 atom stereocenters. The number of ether oxygens (including phenoxy) is 1. The molecule has 1 aliphatic rings. The zero-order chi connectivity index (χ0) is 15.2. The van der Waals surface area contributed by atoms with E-state index in [2.05, 4.69) is 4.90 Å². The molecule has 0 bridgehead atoms. The third-order valence-corrected chi connectivity index (χ3v) is 3.81. The zero-order valence-electron chi connectivity index (χ0n) is 12.9. The second kappa shape index (κ2) is 7.31. The molecule has 0 spiro atoms. The number of likely N-dealkylation sites (N-methyl/N-ethyl adjacent to an activating group) is 1. The molecular formula is C16H25N3O2. The van der Waals surface area contributed by atoms with E-state index >= 15 is 0 Å². The van der Waals surface area contributed by atoms with Crippen LogP contribution in [0, 0.1) is 0 Å². The van der Waals surface area contributed by atoms with Crippen molar-refractivity contribution in [2.24, 2.45) is 0 Å². The first-order valence-corrected chi connectivity index (χ1v) is 7.51. The highest BCUT2D eigenvalue weighted by Crippen LogP contribution is 2.19. The predicted molar refractivity (Wildman–Crippen MR) is 84.3 cm³/mol. The van der Waals surface area contributed by atoms with Gasteiger partial charge in [0, 0.05) is 32.4 Å². The second-order valence-corrected chi connectivity index (χ2v) is 5.70. The van der Waals surface area contributed by atoms with Crippen molar-refractivity contribution in [1.82, 2.24) is 9.80 Å². The Labute approximate surface area is 126 Å². The normalized spacial score (nSPS) is 18.7. The van der Waals surface area contributed by atoms with Crippen molar-refractivity contribution in [1.29, 1.82) is 0 Å². The lowest BCUT2D eigenvalue weighted by Gasteiger charge is -2.25. The van der Waals surface area contributed by atoms with E-state index in [1.807, 2.05) is 38.4 Å². The van der Waals surface area contributed by atoms with E-state index in [1.54, 1.807) is 4.90 Å². The number of anilines is 1. The maximum Gasteiger partial charge on any atom is 0.239 e. The molecule has 5 nitrogen and oxygen atoms in total. The van der Waals surface area contributed by atoms with Crippen LogP contribution in [0.4, 0.5) is 5.69 Å². The fraction of sp³-hybridized carbons (Fsp3) is 0.562. The highest BCUT2D eigenvalue weighted by Gasteiger charge is 2.30. The number of likely N-dealkylation sites (tertiary alicyclic amines) is 1. The van der Waals surface area contributed by atoms with Crippen LogP contribution in [0.3, 0.4) is 0 Å². The van der Waals surface area contributed by atoms with Crippen molar-refractivity contribution in [3.63, 3.8) is 0 Å². The lowest BCUT2D eigenvalue weighted by Crippen LogP contribution is -2.43. The van der Waals surface area contributed by atoms with Gasteiger partial charge in [0.1, 0.15) is 5.75 Å². The van der Waals surface area contributed by atoms with Crippen molar-refractivity contribution in [2.75, 3.05) is 39.5 Å². The third kappa shape index (κ3) is 4.36. The summed E-state index contributed by atoms with van der Waals surface area (Å²) < 4.78 is 5.69. The van der Waals surface area contributed by atoms with Crippen LogP contribution < -0.4 is 10.5 Å². The van der Waals surface area contributed by atoms with Gasteiger partial charge in [0.15, 0.2) is 0 Å². The maximum atomic E-state index is 12.1. The van der Waals surface area contributed by atoms with Crippen LogP contribution in [-0.4, -0.2) is 55.5 Å². The van der Waals surface area contributed by atoms with Gasteiger partial charge in [-0.15, -0.1) is 0 Å². The molecule has 1 heterocycles. The number of rotatable bonds is 6. The summed E-state index contributed by atoms with van der Waals surface area (Å²) in [4.78, 5) is 16.0. The minimum atomic E-state index is 0.0485. The van der Waals surface area contributed by atoms with Crippen LogP contribution in [0.2, 0.25) is 0 Å². The van der Waals surface area contributed by atoms with E-state index < -0.39 is 0 Å². The quantitative estimate of drug-likeness (QED) is 0.639. The summed E-state index contributed by atoms with van der Waals surface area (Å²) in [6.07, 6.45) is 2.97. The highest BCUT2D eigenvalue weighted by molar-refractivity contribution is 5.81. The summed E-state index contributed by atoms with van der Waals surface area (Å²) in [5, 5.41) is 0. The predicted octanol–water partition coefficient (Wildman–Crippen LogP) is 1.59. The Morgan fingerprint density at radius 3 is 3.00 bits per heavy atom. The lowest BCUT2D eigenvalue weighted by atomic mass is 10.2. The molecule has 5 heteroatoms. The number of amides is 1. The van der Waals surface area contributed by atoms with Crippen LogP contribution in [0.25, 0.3) is 0 Å². The van der Waals surface area contributed by atoms with E-state index in [0.29, 0.717) is 12.3 Å². The minimum Gasteiger partial charge on any atom is -0.493 e. The summed E-state index contributed by atoms with van der Waals surface area (Å²) in [5.41, 5.74) is 6.42. The molecule has 21 heavy (non-hydrogen) atoms. The molecule has 2 N–H and O–H groups in total. The second-order valence-electron chi connectivity index (χ2n) is 5.70. The van der Waals surface area contributed by atoms with E-state index in [9.17, 15) is 4.79 Å². The first-order chi connectivity index (χ1) is 10.1.